The van der Waals surface area contributed by atoms with Gasteiger partial charge in [-0.15, -0.1) is 0 Å². The summed E-state index contributed by atoms with van der Waals surface area (Å²) in [6, 6.07) is 5.53. The molecule has 0 aliphatic heterocycles. The Morgan fingerprint density at radius 1 is 1.35 bits per heavy atom. The highest BCUT2D eigenvalue weighted by atomic mass is 16.5. The Morgan fingerprint density at radius 2 is 2.00 bits per heavy atom. The van der Waals surface area contributed by atoms with Crippen molar-refractivity contribution in [3.05, 3.63) is 24.3 Å². The first kappa shape index (κ1) is 15.8. The van der Waals surface area contributed by atoms with Crippen LogP contribution < -0.4 is 15.5 Å². The van der Waals surface area contributed by atoms with Crippen molar-refractivity contribution < 1.29 is 19.4 Å². The molecule has 7 heteroatoms. The van der Waals surface area contributed by atoms with E-state index in [9.17, 15) is 9.59 Å². The van der Waals surface area contributed by atoms with Crippen molar-refractivity contribution in [3.8, 4) is 0 Å². The molecule has 0 saturated carbocycles. The van der Waals surface area contributed by atoms with Crippen LogP contribution in [0.3, 0.4) is 0 Å². The van der Waals surface area contributed by atoms with Gasteiger partial charge in [-0.1, -0.05) is 12.1 Å². The number of rotatable bonds is 6. The summed E-state index contributed by atoms with van der Waals surface area (Å²) in [6.45, 7) is -0.0991. The Bertz CT molecular complexity index is 476. The van der Waals surface area contributed by atoms with E-state index >= 15 is 0 Å². The van der Waals surface area contributed by atoms with E-state index in [4.69, 9.17) is 9.84 Å². The molecule has 1 unspecified atom stereocenters. The number of para-hydroxylation sites is 2. The molecule has 3 N–H and O–H groups in total. The number of hydrogen-bond acceptors (Lipinski definition) is 4. The summed E-state index contributed by atoms with van der Waals surface area (Å²) in [5.74, 6) is -1.15. The predicted octanol–water partition coefficient (Wildman–Crippen LogP) is 0.974. The number of ether oxygens (including phenoxy) is 1. The summed E-state index contributed by atoms with van der Waals surface area (Å²) in [5, 5.41) is 13.9. The molecule has 1 rings (SSSR count). The average molecular weight is 281 g/mol. The SMILES string of the molecule is COCC(NC(=O)Nc1ccccc1N(C)C)C(=O)O. The molecule has 1 aromatic carbocycles. The number of hydrogen-bond donors (Lipinski definition) is 3. The number of carboxylic acids is 1. The van der Waals surface area contributed by atoms with Crippen molar-refractivity contribution in [2.45, 2.75) is 6.04 Å². The fourth-order valence-corrected chi connectivity index (χ4v) is 1.63. The maximum Gasteiger partial charge on any atom is 0.328 e. The molecule has 20 heavy (non-hydrogen) atoms. The van der Waals surface area contributed by atoms with Gasteiger partial charge >= 0.3 is 12.0 Å². The minimum absolute atomic E-state index is 0.0991. The molecule has 7 nitrogen and oxygen atoms in total. The Labute approximate surface area is 117 Å². The number of carbonyl (C=O) groups excluding carboxylic acids is 1. The second kappa shape index (κ2) is 7.34. The van der Waals surface area contributed by atoms with Crippen molar-refractivity contribution in [1.82, 2.24) is 5.32 Å². The van der Waals surface area contributed by atoms with Gasteiger partial charge < -0.3 is 25.4 Å². The van der Waals surface area contributed by atoms with E-state index in [0.717, 1.165) is 5.69 Å². The molecular formula is C13H19N3O4. The zero-order valence-electron chi connectivity index (χ0n) is 11.7. The Morgan fingerprint density at radius 3 is 2.55 bits per heavy atom. The largest absolute Gasteiger partial charge is 0.480 e. The molecule has 0 fully saturated rings. The van der Waals surface area contributed by atoms with Crippen LogP contribution in [0.25, 0.3) is 0 Å². The zero-order chi connectivity index (χ0) is 15.1. The first-order chi connectivity index (χ1) is 9.45. The lowest BCUT2D eigenvalue weighted by molar-refractivity contribution is -0.140. The highest BCUT2D eigenvalue weighted by Gasteiger charge is 2.20. The fourth-order valence-electron chi connectivity index (χ4n) is 1.63. The van der Waals surface area contributed by atoms with E-state index in [-0.39, 0.29) is 6.61 Å². The number of amides is 2. The third kappa shape index (κ3) is 4.43. The Hall–Kier alpha value is -2.28. The van der Waals surface area contributed by atoms with Gasteiger partial charge in [0.1, 0.15) is 0 Å². The number of benzene rings is 1. The quantitative estimate of drug-likeness (QED) is 0.723. The monoisotopic (exact) mass is 281 g/mol. The van der Waals surface area contributed by atoms with Crippen LogP contribution in [0.1, 0.15) is 0 Å². The lowest BCUT2D eigenvalue weighted by atomic mass is 10.2. The van der Waals surface area contributed by atoms with Crippen LogP contribution >= 0.6 is 0 Å². The van der Waals surface area contributed by atoms with E-state index in [1.807, 2.05) is 31.1 Å². The zero-order valence-corrected chi connectivity index (χ0v) is 11.7. The summed E-state index contributed by atoms with van der Waals surface area (Å²) < 4.78 is 4.75. The first-order valence-corrected chi connectivity index (χ1v) is 6.01. The first-order valence-electron chi connectivity index (χ1n) is 6.01. The number of urea groups is 1. The van der Waals surface area contributed by atoms with Crippen LogP contribution in [0, 0.1) is 0 Å². The summed E-state index contributed by atoms with van der Waals surface area (Å²) in [4.78, 5) is 24.6. The summed E-state index contributed by atoms with van der Waals surface area (Å²) in [5.41, 5.74) is 1.41. The highest BCUT2D eigenvalue weighted by Crippen LogP contribution is 2.23. The maximum atomic E-state index is 11.8. The summed E-state index contributed by atoms with van der Waals surface area (Å²) >= 11 is 0. The summed E-state index contributed by atoms with van der Waals surface area (Å²) in [7, 11) is 5.07. The second-order valence-electron chi connectivity index (χ2n) is 4.36. The molecule has 0 saturated heterocycles. The molecule has 0 aliphatic carbocycles. The fraction of sp³-hybridized carbons (Fsp3) is 0.385. The van der Waals surface area contributed by atoms with Crippen LogP contribution in [0.5, 0.6) is 0 Å². The molecule has 0 aromatic heterocycles. The van der Waals surface area contributed by atoms with Crippen LogP contribution in [-0.2, 0) is 9.53 Å². The van der Waals surface area contributed by atoms with E-state index < -0.39 is 18.0 Å². The lowest BCUT2D eigenvalue weighted by Gasteiger charge is -2.19. The molecule has 0 spiro atoms. The minimum atomic E-state index is -1.15. The van der Waals surface area contributed by atoms with Gasteiger partial charge in [0.25, 0.3) is 0 Å². The topological polar surface area (TPSA) is 90.9 Å². The Kier molecular flexibility index (Phi) is 5.79. The maximum absolute atomic E-state index is 11.8. The van der Waals surface area contributed by atoms with Crippen molar-refractivity contribution in [2.24, 2.45) is 0 Å². The molecule has 0 heterocycles. The highest BCUT2D eigenvalue weighted by molar-refractivity contribution is 5.95. The van der Waals surface area contributed by atoms with Crippen LogP contribution in [0.4, 0.5) is 16.2 Å². The molecule has 1 aromatic rings. The van der Waals surface area contributed by atoms with Crippen LogP contribution in [0.2, 0.25) is 0 Å². The standard InChI is InChI=1S/C13H19N3O4/c1-16(2)11-7-5-4-6-9(11)14-13(19)15-10(8-20-3)12(17)18/h4-7,10H,8H2,1-3H3,(H,17,18)(H2,14,15,19). The lowest BCUT2D eigenvalue weighted by Crippen LogP contribution is -2.45. The van der Waals surface area contributed by atoms with Crippen LogP contribution in [-0.4, -0.2) is 51.0 Å². The van der Waals surface area contributed by atoms with E-state index in [1.54, 1.807) is 12.1 Å². The number of nitrogens with one attached hydrogen (secondary N) is 2. The average Bonchev–Trinajstić information content (AvgIpc) is 2.38. The van der Waals surface area contributed by atoms with Crippen LogP contribution in [0.15, 0.2) is 24.3 Å². The molecule has 0 aliphatic rings. The molecule has 2 amide bonds. The van der Waals surface area contributed by atoms with Gasteiger partial charge in [0.05, 0.1) is 18.0 Å². The number of nitrogens with zero attached hydrogens (tertiary/aromatic N) is 1. The van der Waals surface area contributed by atoms with Crippen molar-refractivity contribution in [3.63, 3.8) is 0 Å². The van der Waals surface area contributed by atoms with Gasteiger partial charge in [-0.2, -0.15) is 0 Å². The number of carbonyl (C=O) groups is 2. The van der Waals surface area contributed by atoms with Crippen molar-refractivity contribution >= 4 is 23.4 Å². The van der Waals surface area contributed by atoms with Gasteiger partial charge in [-0.3, -0.25) is 0 Å². The number of methoxy groups -OCH3 is 1. The number of aliphatic carboxylic acids is 1. The number of carboxylic acid groups (broad SMARTS) is 1. The summed E-state index contributed by atoms with van der Waals surface area (Å²) in [6.07, 6.45) is 0. The van der Waals surface area contributed by atoms with Gasteiger partial charge in [-0.25, -0.2) is 9.59 Å². The van der Waals surface area contributed by atoms with Crippen molar-refractivity contribution in [1.29, 1.82) is 0 Å². The van der Waals surface area contributed by atoms with E-state index in [0.29, 0.717) is 5.69 Å². The van der Waals surface area contributed by atoms with Crippen molar-refractivity contribution in [2.75, 3.05) is 38.0 Å². The molecular weight excluding hydrogens is 262 g/mol. The molecule has 0 radical (unpaired) electrons. The number of anilines is 2. The smallest absolute Gasteiger partial charge is 0.328 e. The third-order valence-corrected chi connectivity index (χ3v) is 2.57. The molecule has 1 atom stereocenters. The van der Waals surface area contributed by atoms with Gasteiger partial charge in [0.15, 0.2) is 6.04 Å². The van der Waals surface area contributed by atoms with E-state index in [2.05, 4.69) is 10.6 Å². The molecule has 110 valence electrons. The van der Waals surface area contributed by atoms with E-state index in [1.165, 1.54) is 7.11 Å². The predicted molar refractivity (Wildman–Crippen MR) is 76.2 cm³/mol. The minimum Gasteiger partial charge on any atom is -0.480 e. The second-order valence-corrected chi connectivity index (χ2v) is 4.36. The third-order valence-electron chi connectivity index (χ3n) is 2.57. The molecule has 0 bridgehead atoms. The Balaban J connectivity index is 2.73. The van der Waals surface area contributed by atoms with Gasteiger partial charge in [0.2, 0.25) is 0 Å². The van der Waals surface area contributed by atoms with Gasteiger partial charge in [-0.05, 0) is 12.1 Å². The van der Waals surface area contributed by atoms with Gasteiger partial charge in [0, 0.05) is 21.2 Å². The normalized spacial score (nSPS) is 11.6.